The Morgan fingerprint density at radius 3 is 2.95 bits per heavy atom. The van der Waals surface area contributed by atoms with Crippen LogP contribution in [-0.2, 0) is 9.47 Å². The Morgan fingerprint density at radius 1 is 1.43 bits per heavy atom. The van der Waals surface area contributed by atoms with Crippen molar-refractivity contribution in [1.82, 2.24) is 0 Å². The quantitative estimate of drug-likeness (QED) is 0.605. The van der Waals surface area contributed by atoms with Gasteiger partial charge in [-0.15, -0.1) is 0 Å². The Kier molecular flexibility index (Phi) is 3.49. The molecule has 1 aromatic carbocycles. The molecule has 0 radical (unpaired) electrons. The molecule has 0 amide bonds. The van der Waals surface area contributed by atoms with Gasteiger partial charge in [-0.1, -0.05) is 0 Å². The van der Waals surface area contributed by atoms with Crippen LogP contribution < -0.4 is 4.90 Å². The van der Waals surface area contributed by atoms with Gasteiger partial charge in [-0.3, -0.25) is 10.1 Å². The Labute approximate surface area is 121 Å². The van der Waals surface area contributed by atoms with Gasteiger partial charge in [-0.25, -0.2) is 0 Å². The standard InChI is InChI=1S/C14H15N3O4/c15-8-11-7-12(1-2-13(11)17(18)19)16-4-6-21-14(9-16)3-5-20-10-14/h1-2,7H,3-6,9-10H2. The van der Waals surface area contributed by atoms with E-state index in [1.54, 1.807) is 12.1 Å². The molecular formula is C14H15N3O4. The molecule has 1 aromatic rings. The van der Waals surface area contributed by atoms with Crippen molar-refractivity contribution in [3.63, 3.8) is 0 Å². The van der Waals surface area contributed by atoms with Gasteiger partial charge < -0.3 is 14.4 Å². The Morgan fingerprint density at radius 2 is 2.29 bits per heavy atom. The molecule has 0 bridgehead atoms. The van der Waals surface area contributed by atoms with E-state index in [0.717, 1.165) is 12.1 Å². The molecule has 0 aromatic heterocycles. The molecule has 1 unspecified atom stereocenters. The first-order valence-corrected chi connectivity index (χ1v) is 6.79. The van der Waals surface area contributed by atoms with Crippen LogP contribution in [0.4, 0.5) is 11.4 Å². The molecule has 2 saturated heterocycles. The molecule has 2 fully saturated rings. The maximum absolute atomic E-state index is 10.9. The minimum atomic E-state index is -0.534. The summed E-state index contributed by atoms with van der Waals surface area (Å²) in [5, 5.41) is 20.0. The van der Waals surface area contributed by atoms with Crippen molar-refractivity contribution < 1.29 is 14.4 Å². The van der Waals surface area contributed by atoms with Gasteiger partial charge in [0.25, 0.3) is 5.69 Å². The average Bonchev–Trinajstić information content (AvgIpc) is 2.94. The highest BCUT2D eigenvalue weighted by molar-refractivity contribution is 5.60. The van der Waals surface area contributed by atoms with Crippen LogP contribution in [0.1, 0.15) is 12.0 Å². The highest BCUT2D eigenvalue weighted by Gasteiger charge is 2.40. The monoisotopic (exact) mass is 289 g/mol. The fraction of sp³-hybridized carbons (Fsp3) is 0.500. The summed E-state index contributed by atoms with van der Waals surface area (Å²) in [6, 6.07) is 6.55. The van der Waals surface area contributed by atoms with Crippen LogP contribution in [0.5, 0.6) is 0 Å². The molecule has 0 aliphatic carbocycles. The third kappa shape index (κ3) is 2.55. The van der Waals surface area contributed by atoms with E-state index in [1.165, 1.54) is 6.07 Å². The third-order valence-corrected chi connectivity index (χ3v) is 3.98. The van der Waals surface area contributed by atoms with Gasteiger partial charge in [-0.05, 0) is 12.1 Å². The number of nitro benzene ring substituents is 1. The second kappa shape index (κ2) is 5.31. The Hall–Kier alpha value is -2.17. The predicted octanol–water partition coefficient (Wildman–Crippen LogP) is 1.46. The summed E-state index contributed by atoms with van der Waals surface area (Å²) in [7, 11) is 0. The molecule has 0 saturated carbocycles. The zero-order valence-electron chi connectivity index (χ0n) is 11.4. The molecule has 7 nitrogen and oxygen atoms in total. The average molecular weight is 289 g/mol. The highest BCUT2D eigenvalue weighted by Crippen LogP contribution is 2.31. The van der Waals surface area contributed by atoms with Crippen LogP contribution in [0.25, 0.3) is 0 Å². The summed E-state index contributed by atoms with van der Waals surface area (Å²) in [6.45, 7) is 3.22. The van der Waals surface area contributed by atoms with Crippen molar-refractivity contribution in [2.75, 3.05) is 37.8 Å². The van der Waals surface area contributed by atoms with E-state index in [2.05, 4.69) is 4.90 Å². The minimum Gasteiger partial charge on any atom is -0.378 e. The van der Waals surface area contributed by atoms with Crippen LogP contribution in [0, 0.1) is 21.4 Å². The molecule has 110 valence electrons. The van der Waals surface area contributed by atoms with Gasteiger partial charge in [0.15, 0.2) is 0 Å². The lowest BCUT2D eigenvalue weighted by Gasteiger charge is -2.40. The van der Waals surface area contributed by atoms with E-state index in [9.17, 15) is 10.1 Å². The van der Waals surface area contributed by atoms with Crippen LogP contribution in [-0.4, -0.2) is 43.4 Å². The number of anilines is 1. The number of hydrogen-bond donors (Lipinski definition) is 0. The highest BCUT2D eigenvalue weighted by atomic mass is 16.6. The van der Waals surface area contributed by atoms with E-state index < -0.39 is 4.92 Å². The predicted molar refractivity (Wildman–Crippen MR) is 74.1 cm³/mol. The second-order valence-corrected chi connectivity index (χ2v) is 5.33. The second-order valence-electron chi connectivity index (χ2n) is 5.33. The zero-order chi connectivity index (χ0) is 14.9. The number of benzene rings is 1. The lowest BCUT2D eigenvalue weighted by molar-refractivity contribution is -0.385. The number of rotatable bonds is 2. The van der Waals surface area contributed by atoms with E-state index in [-0.39, 0.29) is 16.9 Å². The molecule has 2 aliphatic rings. The molecule has 21 heavy (non-hydrogen) atoms. The number of morpholine rings is 1. The van der Waals surface area contributed by atoms with Crippen molar-refractivity contribution in [2.45, 2.75) is 12.0 Å². The molecular weight excluding hydrogens is 274 g/mol. The van der Waals surface area contributed by atoms with Gasteiger partial charge in [0.05, 0.1) is 18.1 Å². The van der Waals surface area contributed by atoms with Gasteiger partial charge >= 0.3 is 0 Å². The van der Waals surface area contributed by atoms with Crippen LogP contribution in [0.15, 0.2) is 18.2 Å². The molecule has 1 atom stereocenters. The number of nitrogens with zero attached hydrogens (tertiary/aromatic N) is 3. The first-order valence-electron chi connectivity index (χ1n) is 6.79. The summed E-state index contributed by atoms with van der Waals surface area (Å²) in [4.78, 5) is 12.4. The molecule has 0 N–H and O–H groups in total. The van der Waals surface area contributed by atoms with Gasteiger partial charge in [-0.2, -0.15) is 5.26 Å². The Balaban J connectivity index is 1.86. The lowest BCUT2D eigenvalue weighted by Crippen LogP contribution is -2.52. The van der Waals surface area contributed by atoms with Crippen LogP contribution >= 0.6 is 0 Å². The number of nitriles is 1. The summed E-state index contributed by atoms with van der Waals surface area (Å²) in [5.41, 5.74) is 0.452. The SMILES string of the molecule is N#Cc1cc(N2CCOC3(CCOC3)C2)ccc1[N+](=O)[O-]. The van der Waals surface area contributed by atoms with Crippen molar-refractivity contribution in [3.05, 3.63) is 33.9 Å². The maximum Gasteiger partial charge on any atom is 0.287 e. The van der Waals surface area contributed by atoms with Gasteiger partial charge in [0.2, 0.25) is 0 Å². The molecule has 2 aliphatic heterocycles. The Bertz CT molecular complexity index is 605. The summed E-state index contributed by atoms with van der Waals surface area (Å²) >= 11 is 0. The van der Waals surface area contributed by atoms with Gasteiger partial charge in [0, 0.05) is 37.9 Å². The first-order chi connectivity index (χ1) is 10.1. The van der Waals surface area contributed by atoms with Crippen LogP contribution in [0.2, 0.25) is 0 Å². The molecule has 1 spiro atoms. The van der Waals surface area contributed by atoms with E-state index in [0.29, 0.717) is 32.9 Å². The van der Waals surface area contributed by atoms with E-state index in [1.807, 2.05) is 6.07 Å². The van der Waals surface area contributed by atoms with Crippen molar-refractivity contribution in [2.24, 2.45) is 0 Å². The van der Waals surface area contributed by atoms with Crippen molar-refractivity contribution in [3.8, 4) is 6.07 Å². The smallest absolute Gasteiger partial charge is 0.287 e. The topological polar surface area (TPSA) is 88.6 Å². The van der Waals surface area contributed by atoms with Crippen molar-refractivity contribution in [1.29, 1.82) is 5.26 Å². The van der Waals surface area contributed by atoms with Gasteiger partial charge in [0.1, 0.15) is 17.2 Å². The summed E-state index contributed by atoms with van der Waals surface area (Å²) in [6.07, 6.45) is 0.849. The molecule has 2 heterocycles. The number of nitro groups is 1. The molecule has 3 rings (SSSR count). The largest absolute Gasteiger partial charge is 0.378 e. The lowest BCUT2D eigenvalue weighted by atomic mass is 10.00. The summed E-state index contributed by atoms with van der Waals surface area (Å²) in [5.74, 6) is 0. The normalized spacial score (nSPS) is 25.0. The maximum atomic E-state index is 10.9. The third-order valence-electron chi connectivity index (χ3n) is 3.98. The minimum absolute atomic E-state index is 0.0840. The van der Waals surface area contributed by atoms with E-state index >= 15 is 0 Å². The fourth-order valence-corrected chi connectivity index (χ4v) is 2.86. The van der Waals surface area contributed by atoms with Crippen molar-refractivity contribution >= 4 is 11.4 Å². The number of hydrogen-bond acceptors (Lipinski definition) is 6. The summed E-state index contributed by atoms with van der Waals surface area (Å²) < 4.78 is 11.3. The van der Waals surface area contributed by atoms with E-state index in [4.69, 9.17) is 14.7 Å². The first kappa shape index (κ1) is 13.8. The fourth-order valence-electron chi connectivity index (χ4n) is 2.86. The number of ether oxygens (including phenoxy) is 2. The molecule has 7 heteroatoms. The zero-order valence-corrected chi connectivity index (χ0v) is 11.4. The van der Waals surface area contributed by atoms with Crippen LogP contribution in [0.3, 0.4) is 0 Å².